The third kappa shape index (κ3) is 2.82. The molecular formula is C13H6Cl3IO. The van der Waals surface area contributed by atoms with Crippen LogP contribution in [0.4, 0.5) is 0 Å². The number of halogens is 4. The molecule has 2 aromatic carbocycles. The van der Waals surface area contributed by atoms with E-state index in [0.29, 0.717) is 21.2 Å². The van der Waals surface area contributed by atoms with Crippen molar-refractivity contribution in [1.82, 2.24) is 0 Å². The van der Waals surface area contributed by atoms with Gasteiger partial charge in [-0.1, -0.05) is 40.9 Å². The lowest BCUT2D eigenvalue weighted by atomic mass is 10.0. The van der Waals surface area contributed by atoms with E-state index in [-0.39, 0.29) is 10.8 Å². The predicted octanol–water partition coefficient (Wildman–Crippen LogP) is 5.48. The Kier molecular flexibility index (Phi) is 4.54. The molecule has 0 heterocycles. The molecule has 92 valence electrons. The zero-order chi connectivity index (χ0) is 13.3. The fraction of sp³-hybridized carbons (Fsp3) is 0. The summed E-state index contributed by atoms with van der Waals surface area (Å²) in [5, 5.41) is 1.14. The van der Waals surface area contributed by atoms with E-state index in [2.05, 4.69) is 22.6 Å². The summed E-state index contributed by atoms with van der Waals surface area (Å²) in [6.45, 7) is 0. The molecule has 0 saturated carbocycles. The van der Waals surface area contributed by atoms with Gasteiger partial charge in [-0.15, -0.1) is 0 Å². The van der Waals surface area contributed by atoms with Crippen molar-refractivity contribution in [3.8, 4) is 0 Å². The number of hydrogen-bond donors (Lipinski definition) is 0. The standard InChI is InChI=1S/C13H6Cl3IO/c14-7-4-5-11(17)9(6-7)13(18)8-2-1-3-10(15)12(8)16/h1-6H. The molecule has 0 amide bonds. The maximum Gasteiger partial charge on any atom is 0.195 e. The summed E-state index contributed by atoms with van der Waals surface area (Å²) in [6, 6.07) is 10.1. The van der Waals surface area contributed by atoms with Crippen LogP contribution in [0.15, 0.2) is 36.4 Å². The Hall–Kier alpha value is -0.290. The normalized spacial score (nSPS) is 10.4. The van der Waals surface area contributed by atoms with Crippen LogP contribution < -0.4 is 0 Å². The lowest BCUT2D eigenvalue weighted by molar-refractivity contribution is 0.103. The second kappa shape index (κ2) is 5.78. The smallest absolute Gasteiger partial charge is 0.195 e. The third-order valence-electron chi connectivity index (χ3n) is 2.37. The number of rotatable bonds is 2. The van der Waals surface area contributed by atoms with Gasteiger partial charge in [0.2, 0.25) is 0 Å². The van der Waals surface area contributed by atoms with E-state index in [1.807, 2.05) is 0 Å². The Balaban J connectivity index is 2.55. The van der Waals surface area contributed by atoms with Gasteiger partial charge in [-0.05, 0) is 52.9 Å². The van der Waals surface area contributed by atoms with Crippen molar-refractivity contribution in [2.24, 2.45) is 0 Å². The van der Waals surface area contributed by atoms with Crippen molar-refractivity contribution in [1.29, 1.82) is 0 Å². The number of carbonyl (C=O) groups excluding carboxylic acids is 1. The van der Waals surface area contributed by atoms with Crippen LogP contribution in [-0.2, 0) is 0 Å². The molecule has 0 radical (unpaired) electrons. The average Bonchev–Trinajstić information content (AvgIpc) is 2.35. The van der Waals surface area contributed by atoms with E-state index in [1.165, 1.54) is 0 Å². The zero-order valence-corrected chi connectivity index (χ0v) is 13.3. The molecule has 0 aliphatic heterocycles. The Morgan fingerprint density at radius 1 is 1.00 bits per heavy atom. The first-order chi connectivity index (χ1) is 8.50. The van der Waals surface area contributed by atoms with Gasteiger partial charge in [-0.3, -0.25) is 4.79 Å². The van der Waals surface area contributed by atoms with Gasteiger partial charge in [0, 0.05) is 19.7 Å². The third-order valence-corrected chi connectivity index (χ3v) is 4.36. The Labute approximate surface area is 133 Å². The van der Waals surface area contributed by atoms with E-state index < -0.39 is 0 Å². The molecular weight excluding hydrogens is 405 g/mol. The van der Waals surface area contributed by atoms with Gasteiger partial charge >= 0.3 is 0 Å². The molecule has 0 bridgehead atoms. The summed E-state index contributed by atoms with van der Waals surface area (Å²) >= 11 is 19.9. The highest BCUT2D eigenvalue weighted by atomic mass is 127. The van der Waals surface area contributed by atoms with Crippen molar-refractivity contribution in [3.05, 3.63) is 66.2 Å². The number of benzene rings is 2. The molecule has 0 saturated heterocycles. The lowest BCUT2D eigenvalue weighted by Crippen LogP contribution is -2.04. The van der Waals surface area contributed by atoms with E-state index >= 15 is 0 Å². The number of ketones is 1. The molecule has 0 aliphatic carbocycles. The van der Waals surface area contributed by atoms with Gasteiger partial charge in [0.15, 0.2) is 5.78 Å². The monoisotopic (exact) mass is 410 g/mol. The van der Waals surface area contributed by atoms with Crippen LogP contribution in [0.5, 0.6) is 0 Å². The minimum absolute atomic E-state index is 0.186. The SMILES string of the molecule is O=C(c1cc(Cl)ccc1I)c1cccc(Cl)c1Cl. The van der Waals surface area contributed by atoms with E-state index in [1.54, 1.807) is 36.4 Å². The van der Waals surface area contributed by atoms with Gasteiger partial charge in [0.1, 0.15) is 0 Å². The summed E-state index contributed by atoms with van der Waals surface area (Å²) in [5.74, 6) is -0.186. The summed E-state index contributed by atoms with van der Waals surface area (Å²) in [5.41, 5.74) is 0.900. The van der Waals surface area contributed by atoms with Crippen LogP contribution in [0, 0.1) is 3.57 Å². The fourth-order valence-electron chi connectivity index (χ4n) is 1.50. The molecule has 2 aromatic rings. The number of carbonyl (C=O) groups is 1. The van der Waals surface area contributed by atoms with Crippen LogP contribution in [0.3, 0.4) is 0 Å². The largest absolute Gasteiger partial charge is 0.289 e. The van der Waals surface area contributed by atoms with E-state index in [9.17, 15) is 4.79 Å². The fourth-order valence-corrected chi connectivity index (χ4v) is 2.63. The van der Waals surface area contributed by atoms with Crippen LogP contribution in [-0.4, -0.2) is 5.78 Å². The summed E-state index contributed by atoms with van der Waals surface area (Å²) < 4.78 is 0.818. The highest BCUT2D eigenvalue weighted by molar-refractivity contribution is 14.1. The second-order valence-corrected chi connectivity index (χ2v) is 5.94. The molecule has 0 spiro atoms. The first-order valence-corrected chi connectivity index (χ1v) is 7.15. The molecule has 0 N–H and O–H groups in total. The van der Waals surface area contributed by atoms with Crippen LogP contribution in [0.25, 0.3) is 0 Å². The summed E-state index contributed by atoms with van der Waals surface area (Å²) in [6.07, 6.45) is 0. The second-order valence-electron chi connectivity index (χ2n) is 3.55. The van der Waals surface area contributed by atoms with Gasteiger partial charge in [-0.25, -0.2) is 0 Å². The minimum atomic E-state index is -0.186. The van der Waals surface area contributed by atoms with Gasteiger partial charge in [-0.2, -0.15) is 0 Å². The molecule has 0 aromatic heterocycles. The van der Waals surface area contributed by atoms with Gasteiger partial charge < -0.3 is 0 Å². The molecule has 2 rings (SSSR count). The van der Waals surface area contributed by atoms with Crippen molar-refractivity contribution >= 4 is 63.2 Å². The molecule has 5 heteroatoms. The first-order valence-electron chi connectivity index (χ1n) is 4.94. The van der Waals surface area contributed by atoms with Crippen LogP contribution >= 0.6 is 57.4 Å². The van der Waals surface area contributed by atoms with Crippen molar-refractivity contribution in [2.45, 2.75) is 0 Å². The molecule has 0 fully saturated rings. The topological polar surface area (TPSA) is 17.1 Å². The summed E-state index contributed by atoms with van der Waals surface area (Å²) in [4.78, 5) is 12.4. The van der Waals surface area contributed by atoms with Crippen molar-refractivity contribution in [2.75, 3.05) is 0 Å². The van der Waals surface area contributed by atoms with Gasteiger partial charge in [0.25, 0.3) is 0 Å². The first kappa shape index (κ1) is 14.1. The molecule has 0 unspecified atom stereocenters. The average molecular weight is 411 g/mol. The van der Waals surface area contributed by atoms with E-state index in [4.69, 9.17) is 34.8 Å². The quantitative estimate of drug-likeness (QED) is 0.472. The van der Waals surface area contributed by atoms with Crippen molar-refractivity contribution < 1.29 is 4.79 Å². The number of hydrogen-bond acceptors (Lipinski definition) is 1. The molecule has 0 aliphatic rings. The van der Waals surface area contributed by atoms with Crippen LogP contribution in [0.1, 0.15) is 15.9 Å². The summed E-state index contributed by atoms with van der Waals surface area (Å²) in [7, 11) is 0. The molecule has 0 atom stereocenters. The zero-order valence-electron chi connectivity index (χ0n) is 8.88. The Morgan fingerprint density at radius 3 is 2.44 bits per heavy atom. The maximum absolute atomic E-state index is 12.4. The molecule has 1 nitrogen and oxygen atoms in total. The van der Waals surface area contributed by atoms with Crippen molar-refractivity contribution in [3.63, 3.8) is 0 Å². The Morgan fingerprint density at radius 2 is 1.72 bits per heavy atom. The van der Waals surface area contributed by atoms with Gasteiger partial charge in [0.05, 0.1) is 10.0 Å². The predicted molar refractivity (Wildman–Crippen MR) is 84.1 cm³/mol. The highest BCUT2D eigenvalue weighted by Crippen LogP contribution is 2.29. The highest BCUT2D eigenvalue weighted by Gasteiger charge is 2.17. The Bertz CT molecular complexity index is 622. The van der Waals surface area contributed by atoms with Crippen LogP contribution in [0.2, 0.25) is 15.1 Å². The maximum atomic E-state index is 12.4. The molecule has 18 heavy (non-hydrogen) atoms. The van der Waals surface area contributed by atoms with E-state index in [0.717, 1.165) is 3.57 Å². The lowest BCUT2D eigenvalue weighted by Gasteiger charge is -2.07. The minimum Gasteiger partial charge on any atom is -0.289 e.